The first-order valence-electron chi connectivity index (χ1n) is 9.52. The molecule has 150 valence electrons. The number of nitrogens with one attached hydrogen (secondary N) is 1. The molecule has 2 amide bonds. The summed E-state index contributed by atoms with van der Waals surface area (Å²) in [5.74, 6) is 0.527. The van der Waals surface area contributed by atoms with Gasteiger partial charge in [-0.3, -0.25) is 9.59 Å². The zero-order chi connectivity index (χ0) is 20.7. The van der Waals surface area contributed by atoms with Gasteiger partial charge < -0.3 is 15.0 Å². The highest BCUT2D eigenvalue weighted by atomic mass is 16.5. The Morgan fingerprint density at radius 3 is 2.25 bits per heavy atom. The van der Waals surface area contributed by atoms with Crippen LogP contribution in [0.15, 0.2) is 48.5 Å². The highest BCUT2D eigenvalue weighted by molar-refractivity contribution is 6.03. The molecule has 0 bridgehead atoms. The summed E-state index contributed by atoms with van der Waals surface area (Å²) >= 11 is 0. The fourth-order valence-corrected chi connectivity index (χ4v) is 2.71. The van der Waals surface area contributed by atoms with Crippen LogP contribution in [-0.2, 0) is 10.2 Å². The van der Waals surface area contributed by atoms with Crippen LogP contribution in [0.2, 0.25) is 0 Å². The molecule has 0 unspecified atom stereocenters. The maximum atomic E-state index is 12.2. The second-order valence-electron chi connectivity index (χ2n) is 8.02. The maximum absolute atomic E-state index is 12.2. The van der Waals surface area contributed by atoms with E-state index in [9.17, 15) is 9.59 Å². The Morgan fingerprint density at radius 1 is 1.00 bits per heavy atom. The van der Waals surface area contributed by atoms with Crippen molar-refractivity contribution in [1.82, 2.24) is 4.90 Å². The quantitative estimate of drug-likeness (QED) is 0.718. The van der Waals surface area contributed by atoms with Crippen LogP contribution in [0.5, 0.6) is 5.75 Å². The molecule has 0 spiro atoms. The van der Waals surface area contributed by atoms with Crippen LogP contribution in [0.25, 0.3) is 0 Å². The van der Waals surface area contributed by atoms with Crippen LogP contribution >= 0.6 is 0 Å². The SMILES string of the molecule is CN(C)C(=O)c1ccccc1NC(=O)CCCOc1ccc(C(C)(C)C)cc1. The second kappa shape index (κ2) is 9.40. The molecule has 0 heterocycles. The first-order valence-corrected chi connectivity index (χ1v) is 9.52. The third kappa shape index (κ3) is 6.12. The minimum absolute atomic E-state index is 0.112. The van der Waals surface area contributed by atoms with Crippen molar-refractivity contribution in [1.29, 1.82) is 0 Å². The number of hydrogen-bond donors (Lipinski definition) is 1. The van der Waals surface area contributed by atoms with E-state index < -0.39 is 0 Å². The minimum Gasteiger partial charge on any atom is -0.494 e. The fraction of sp³-hybridized carbons (Fsp3) is 0.391. The van der Waals surface area contributed by atoms with Crippen LogP contribution in [0.4, 0.5) is 5.69 Å². The molecule has 0 saturated heterocycles. The summed E-state index contributed by atoms with van der Waals surface area (Å²) in [6.45, 7) is 6.98. The average molecular weight is 383 g/mol. The van der Waals surface area contributed by atoms with Gasteiger partial charge >= 0.3 is 0 Å². The summed E-state index contributed by atoms with van der Waals surface area (Å²) < 4.78 is 5.73. The van der Waals surface area contributed by atoms with E-state index in [2.05, 4.69) is 38.2 Å². The van der Waals surface area contributed by atoms with Gasteiger partial charge in [-0.1, -0.05) is 45.0 Å². The molecule has 0 aliphatic heterocycles. The smallest absolute Gasteiger partial charge is 0.255 e. The molecule has 0 aromatic heterocycles. The van der Waals surface area contributed by atoms with Crippen LogP contribution < -0.4 is 10.1 Å². The summed E-state index contributed by atoms with van der Waals surface area (Å²) in [4.78, 5) is 25.9. The molecular formula is C23H30N2O3. The number of amides is 2. The molecule has 0 radical (unpaired) electrons. The molecule has 0 aliphatic rings. The topological polar surface area (TPSA) is 58.6 Å². The Morgan fingerprint density at radius 2 is 1.64 bits per heavy atom. The van der Waals surface area contributed by atoms with Gasteiger partial charge in [0.15, 0.2) is 0 Å². The Balaban J connectivity index is 1.82. The lowest BCUT2D eigenvalue weighted by atomic mass is 9.87. The van der Waals surface area contributed by atoms with Crippen molar-refractivity contribution in [2.24, 2.45) is 0 Å². The fourth-order valence-electron chi connectivity index (χ4n) is 2.71. The predicted octanol–water partition coefficient (Wildman–Crippen LogP) is 4.48. The van der Waals surface area contributed by atoms with Crippen molar-refractivity contribution in [2.75, 3.05) is 26.0 Å². The van der Waals surface area contributed by atoms with E-state index in [0.717, 1.165) is 5.75 Å². The van der Waals surface area contributed by atoms with Crippen molar-refractivity contribution >= 4 is 17.5 Å². The number of benzene rings is 2. The molecule has 2 aromatic rings. The molecule has 2 rings (SSSR count). The molecule has 0 aliphatic carbocycles. The maximum Gasteiger partial charge on any atom is 0.255 e. The van der Waals surface area contributed by atoms with Crippen LogP contribution in [0.1, 0.15) is 49.5 Å². The van der Waals surface area contributed by atoms with Gasteiger partial charge in [0, 0.05) is 20.5 Å². The zero-order valence-corrected chi connectivity index (χ0v) is 17.4. The summed E-state index contributed by atoms with van der Waals surface area (Å²) in [5.41, 5.74) is 2.38. The van der Waals surface area contributed by atoms with Gasteiger partial charge in [-0.25, -0.2) is 0 Å². The molecule has 5 heteroatoms. The minimum atomic E-state index is -0.141. The molecule has 5 nitrogen and oxygen atoms in total. The van der Waals surface area contributed by atoms with Crippen molar-refractivity contribution < 1.29 is 14.3 Å². The largest absolute Gasteiger partial charge is 0.494 e. The summed E-state index contributed by atoms with van der Waals surface area (Å²) in [6, 6.07) is 15.1. The van der Waals surface area contributed by atoms with E-state index in [4.69, 9.17) is 4.74 Å². The highest BCUT2D eigenvalue weighted by Gasteiger charge is 2.15. The normalized spacial score (nSPS) is 11.0. The molecular weight excluding hydrogens is 352 g/mol. The number of carbonyl (C=O) groups excluding carboxylic acids is 2. The second-order valence-corrected chi connectivity index (χ2v) is 8.02. The van der Waals surface area contributed by atoms with Crippen molar-refractivity contribution in [3.63, 3.8) is 0 Å². The number of carbonyl (C=O) groups is 2. The predicted molar refractivity (Wildman–Crippen MR) is 113 cm³/mol. The third-order valence-electron chi connectivity index (χ3n) is 4.37. The van der Waals surface area contributed by atoms with E-state index in [-0.39, 0.29) is 17.2 Å². The van der Waals surface area contributed by atoms with E-state index in [0.29, 0.717) is 30.7 Å². The summed E-state index contributed by atoms with van der Waals surface area (Å²) in [5, 5.41) is 2.83. The first-order chi connectivity index (χ1) is 13.2. The molecule has 2 aromatic carbocycles. The number of para-hydroxylation sites is 1. The molecule has 0 atom stereocenters. The number of ether oxygens (including phenoxy) is 1. The Kier molecular flexibility index (Phi) is 7.21. The van der Waals surface area contributed by atoms with Crippen molar-refractivity contribution in [3.05, 3.63) is 59.7 Å². The first kappa shape index (κ1) is 21.5. The van der Waals surface area contributed by atoms with Gasteiger partial charge in [0.25, 0.3) is 5.91 Å². The van der Waals surface area contributed by atoms with Gasteiger partial charge in [-0.15, -0.1) is 0 Å². The standard InChI is InChI=1S/C23H30N2O3/c1-23(2,3)17-12-14-18(15-13-17)28-16-8-11-21(26)24-20-10-7-6-9-19(20)22(27)25(4)5/h6-7,9-10,12-15H,8,11,16H2,1-5H3,(H,24,26). The monoisotopic (exact) mass is 382 g/mol. The van der Waals surface area contributed by atoms with Gasteiger partial charge in [-0.2, -0.15) is 0 Å². The van der Waals surface area contributed by atoms with Crippen molar-refractivity contribution in [2.45, 2.75) is 39.0 Å². The van der Waals surface area contributed by atoms with Gasteiger partial charge in [-0.05, 0) is 41.7 Å². The Hall–Kier alpha value is -2.82. The van der Waals surface area contributed by atoms with Crippen LogP contribution in [0, 0.1) is 0 Å². The number of nitrogens with zero attached hydrogens (tertiary/aromatic N) is 1. The van der Waals surface area contributed by atoms with E-state index in [1.54, 1.807) is 38.4 Å². The highest BCUT2D eigenvalue weighted by Crippen LogP contribution is 2.24. The average Bonchev–Trinajstić information content (AvgIpc) is 2.64. The van der Waals surface area contributed by atoms with Gasteiger partial charge in [0.05, 0.1) is 17.9 Å². The van der Waals surface area contributed by atoms with Gasteiger partial charge in [0.1, 0.15) is 5.75 Å². The van der Waals surface area contributed by atoms with Crippen molar-refractivity contribution in [3.8, 4) is 5.75 Å². The molecule has 0 saturated carbocycles. The van der Waals surface area contributed by atoms with E-state index >= 15 is 0 Å². The number of rotatable bonds is 7. The van der Waals surface area contributed by atoms with Gasteiger partial charge in [0.2, 0.25) is 5.91 Å². The number of anilines is 1. The lowest BCUT2D eigenvalue weighted by Gasteiger charge is -2.19. The van der Waals surface area contributed by atoms with Crippen LogP contribution in [0.3, 0.4) is 0 Å². The lowest BCUT2D eigenvalue weighted by molar-refractivity contribution is -0.116. The zero-order valence-electron chi connectivity index (χ0n) is 17.4. The van der Waals surface area contributed by atoms with E-state index in [1.807, 2.05) is 12.1 Å². The summed E-state index contributed by atoms with van der Waals surface area (Å²) in [7, 11) is 3.37. The van der Waals surface area contributed by atoms with E-state index in [1.165, 1.54) is 10.5 Å². The lowest BCUT2D eigenvalue weighted by Crippen LogP contribution is -2.24. The Labute approximate surface area is 167 Å². The molecule has 28 heavy (non-hydrogen) atoms. The molecule has 1 N–H and O–H groups in total. The molecule has 0 fully saturated rings. The summed E-state index contributed by atoms with van der Waals surface area (Å²) in [6.07, 6.45) is 0.918. The third-order valence-corrected chi connectivity index (χ3v) is 4.37. The number of hydrogen-bond acceptors (Lipinski definition) is 3. The van der Waals surface area contributed by atoms with Crippen LogP contribution in [-0.4, -0.2) is 37.4 Å². The Bertz CT molecular complexity index is 805.